The maximum Gasteiger partial charge on any atom is 0.124 e. The molecule has 1 aromatic heterocycles. The fourth-order valence-electron chi connectivity index (χ4n) is 10.2. The zero-order chi connectivity index (χ0) is 38.9. The summed E-state index contributed by atoms with van der Waals surface area (Å²) in [4.78, 5) is 10.2. The molecule has 0 radical (unpaired) electrons. The number of anilines is 3. The number of hydrogen-bond acceptors (Lipinski definition) is 4. The SMILES string of the molecule is C1=CC2=C(CC1)N(c1ccc3c(-c4ccc(-c5nc6ccccc6s5)cc4)c4cc(N5CCCc6ccccc65)ccc4c(-c4ccc5ccccc5c4)c3c1)CCC2. The average molecular weight is 778 g/mol. The van der Waals surface area contributed by atoms with Crippen LogP contribution in [0, 0.1) is 0 Å². The summed E-state index contributed by atoms with van der Waals surface area (Å²) in [6.07, 6.45) is 11.6. The van der Waals surface area contributed by atoms with Crippen molar-refractivity contribution in [1.29, 1.82) is 0 Å². The van der Waals surface area contributed by atoms with Crippen LogP contribution in [0.2, 0.25) is 0 Å². The summed E-state index contributed by atoms with van der Waals surface area (Å²) in [7, 11) is 0. The fraction of sp³-hybridized carbons (Fsp3) is 0.145. The summed E-state index contributed by atoms with van der Waals surface area (Å²) >= 11 is 1.76. The number of aryl methyl sites for hydroxylation is 1. The first kappa shape index (κ1) is 34.5. The number of hydrogen-bond donors (Lipinski definition) is 0. The maximum absolute atomic E-state index is 5.02. The second-order valence-corrected chi connectivity index (χ2v) is 17.4. The summed E-state index contributed by atoms with van der Waals surface area (Å²) in [5.41, 5.74) is 15.6. The third kappa shape index (κ3) is 5.88. The van der Waals surface area contributed by atoms with Crippen molar-refractivity contribution in [2.75, 3.05) is 22.9 Å². The van der Waals surface area contributed by atoms with Crippen LogP contribution < -0.4 is 9.80 Å². The molecule has 8 aromatic carbocycles. The Hall–Kier alpha value is -6.49. The molecule has 2 aliphatic heterocycles. The molecule has 0 unspecified atom stereocenters. The van der Waals surface area contributed by atoms with E-state index < -0.39 is 0 Å². The van der Waals surface area contributed by atoms with Crippen molar-refractivity contribution in [2.24, 2.45) is 0 Å². The third-order valence-corrected chi connectivity index (χ3v) is 14.0. The number of aromatic nitrogens is 1. The number of thiazole rings is 1. The van der Waals surface area contributed by atoms with Crippen molar-refractivity contribution >= 4 is 70.9 Å². The Balaban J connectivity index is 1.13. The molecule has 9 aromatic rings. The molecule has 0 atom stereocenters. The molecule has 3 nitrogen and oxygen atoms in total. The Morgan fingerprint density at radius 2 is 1.19 bits per heavy atom. The summed E-state index contributed by atoms with van der Waals surface area (Å²) in [6.45, 7) is 2.06. The molecule has 12 rings (SSSR count). The van der Waals surface area contributed by atoms with E-state index in [1.807, 2.05) is 0 Å². The highest BCUT2D eigenvalue weighted by atomic mass is 32.1. The van der Waals surface area contributed by atoms with E-state index in [0.29, 0.717) is 0 Å². The zero-order valence-electron chi connectivity index (χ0n) is 33.0. The Kier molecular flexibility index (Phi) is 8.26. The van der Waals surface area contributed by atoms with Gasteiger partial charge in [0, 0.05) is 41.4 Å². The van der Waals surface area contributed by atoms with Gasteiger partial charge in [0.15, 0.2) is 0 Å². The van der Waals surface area contributed by atoms with Gasteiger partial charge in [-0.05, 0) is 153 Å². The molecular formula is C55H43N3S. The minimum Gasteiger partial charge on any atom is -0.345 e. The van der Waals surface area contributed by atoms with Crippen molar-refractivity contribution in [3.05, 3.63) is 181 Å². The first-order valence-corrected chi connectivity index (χ1v) is 22.1. The fourth-order valence-corrected chi connectivity index (χ4v) is 11.1. The molecule has 0 saturated carbocycles. The van der Waals surface area contributed by atoms with Gasteiger partial charge in [-0.3, -0.25) is 0 Å². The Morgan fingerprint density at radius 1 is 0.508 bits per heavy atom. The number of fused-ring (bicyclic) bond motifs is 5. The van der Waals surface area contributed by atoms with E-state index in [-0.39, 0.29) is 0 Å². The molecule has 59 heavy (non-hydrogen) atoms. The van der Waals surface area contributed by atoms with Crippen LogP contribution in [0.15, 0.2) is 175 Å². The maximum atomic E-state index is 5.02. The van der Waals surface area contributed by atoms with Gasteiger partial charge in [0.2, 0.25) is 0 Å². The zero-order valence-corrected chi connectivity index (χ0v) is 33.8. The summed E-state index contributed by atoms with van der Waals surface area (Å²) in [5.74, 6) is 0. The Bertz CT molecular complexity index is 3150. The normalized spacial score (nSPS) is 15.4. The number of allylic oxidation sites excluding steroid dienone is 4. The van der Waals surface area contributed by atoms with Gasteiger partial charge in [-0.1, -0.05) is 115 Å². The molecule has 3 aliphatic rings. The van der Waals surface area contributed by atoms with Gasteiger partial charge in [-0.15, -0.1) is 11.3 Å². The van der Waals surface area contributed by atoms with Gasteiger partial charge in [0.25, 0.3) is 0 Å². The van der Waals surface area contributed by atoms with Crippen LogP contribution in [-0.4, -0.2) is 18.1 Å². The van der Waals surface area contributed by atoms with Crippen molar-refractivity contribution in [3.8, 4) is 32.8 Å². The molecule has 0 saturated heterocycles. The lowest BCUT2D eigenvalue weighted by Crippen LogP contribution is -2.29. The second-order valence-electron chi connectivity index (χ2n) is 16.4. The van der Waals surface area contributed by atoms with Gasteiger partial charge in [0.05, 0.1) is 10.2 Å². The highest BCUT2D eigenvalue weighted by Gasteiger charge is 2.25. The predicted octanol–water partition coefficient (Wildman–Crippen LogP) is 15.0. The number of nitrogens with zero attached hydrogens (tertiary/aromatic N) is 3. The molecular weight excluding hydrogens is 735 g/mol. The Labute approximate surface area is 349 Å². The van der Waals surface area contributed by atoms with Crippen molar-refractivity contribution in [1.82, 2.24) is 4.98 Å². The van der Waals surface area contributed by atoms with E-state index in [0.717, 1.165) is 54.9 Å². The molecule has 0 amide bonds. The molecule has 0 N–H and O–H groups in total. The lowest BCUT2D eigenvalue weighted by Gasteiger charge is -2.35. The van der Waals surface area contributed by atoms with E-state index in [9.17, 15) is 0 Å². The first-order chi connectivity index (χ1) is 29.2. The van der Waals surface area contributed by atoms with Gasteiger partial charge < -0.3 is 9.80 Å². The summed E-state index contributed by atoms with van der Waals surface area (Å²) in [5, 5.41) is 8.72. The highest BCUT2D eigenvalue weighted by Crippen LogP contribution is 2.48. The molecule has 284 valence electrons. The lowest BCUT2D eigenvalue weighted by molar-refractivity contribution is 0.692. The van der Waals surface area contributed by atoms with Crippen molar-refractivity contribution in [3.63, 3.8) is 0 Å². The highest BCUT2D eigenvalue weighted by molar-refractivity contribution is 7.21. The largest absolute Gasteiger partial charge is 0.345 e. The van der Waals surface area contributed by atoms with E-state index >= 15 is 0 Å². The molecule has 0 bridgehead atoms. The van der Waals surface area contributed by atoms with Crippen LogP contribution in [0.3, 0.4) is 0 Å². The van der Waals surface area contributed by atoms with E-state index in [1.165, 1.54) is 106 Å². The van der Waals surface area contributed by atoms with E-state index in [1.54, 1.807) is 11.3 Å². The Morgan fingerprint density at radius 3 is 2.03 bits per heavy atom. The molecule has 4 heteroatoms. The minimum atomic E-state index is 1.01. The van der Waals surface area contributed by atoms with E-state index in [2.05, 4.69) is 174 Å². The third-order valence-electron chi connectivity index (χ3n) is 13.0. The molecule has 0 fully saturated rings. The van der Waals surface area contributed by atoms with Crippen LogP contribution in [0.5, 0.6) is 0 Å². The van der Waals surface area contributed by atoms with Crippen LogP contribution in [0.1, 0.15) is 37.7 Å². The summed E-state index contributed by atoms with van der Waals surface area (Å²) < 4.78 is 1.22. The van der Waals surface area contributed by atoms with Crippen LogP contribution in [0.4, 0.5) is 17.1 Å². The molecule has 3 heterocycles. The van der Waals surface area contributed by atoms with Gasteiger partial charge in [-0.25, -0.2) is 4.98 Å². The van der Waals surface area contributed by atoms with Gasteiger partial charge in [-0.2, -0.15) is 0 Å². The standard InChI is InChI=1S/C55H43N3S/c1-2-14-41-33-42(26-21-36(41)11-1)54-46-30-28-43(57-31-9-15-37-12-3-6-18-50(37)57)34-47(46)53(39-22-24-40(25-23-39)55-56-49-17-5-8-20-52(49)59-55)45-29-27-44(35-48(45)54)58-32-10-16-38-13-4-7-19-51(38)58/h1-6,8,11-14,17-18,20-30,33-35H,7,9-10,15-16,19,31-32H2. The molecule has 1 aliphatic carbocycles. The van der Waals surface area contributed by atoms with Crippen LogP contribution in [0.25, 0.3) is 75.4 Å². The second kappa shape index (κ2) is 14.1. The number of benzene rings is 8. The van der Waals surface area contributed by atoms with Gasteiger partial charge in [0.1, 0.15) is 5.01 Å². The number of para-hydroxylation sites is 2. The first-order valence-electron chi connectivity index (χ1n) is 21.2. The van der Waals surface area contributed by atoms with Crippen molar-refractivity contribution in [2.45, 2.75) is 38.5 Å². The average Bonchev–Trinajstić information content (AvgIpc) is 3.75. The minimum absolute atomic E-state index is 1.01. The monoisotopic (exact) mass is 777 g/mol. The molecule has 0 spiro atoms. The van der Waals surface area contributed by atoms with Crippen molar-refractivity contribution < 1.29 is 0 Å². The smallest absolute Gasteiger partial charge is 0.124 e. The summed E-state index contributed by atoms with van der Waals surface area (Å²) in [6, 6.07) is 57.1. The van der Waals surface area contributed by atoms with Crippen LogP contribution >= 0.6 is 11.3 Å². The van der Waals surface area contributed by atoms with Crippen LogP contribution in [-0.2, 0) is 6.42 Å². The topological polar surface area (TPSA) is 19.4 Å². The van der Waals surface area contributed by atoms with E-state index in [4.69, 9.17) is 4.98 Å². The lowest BCUT2D eigenvalue weighted by atomic mass is 9.84. The van der Waals surface area contributed by atoms with Gasteiger partial charge >= 0.3 is 0 Å². The number of rotatable bonds is 5. The predicted molar refractivity (Wildman–Crippen MR) is 252 cm³/mol. The quantitative estimate of drug-likeness (QED) is 0.162.